The summed E-state index contributed by atoms with van der Waals surface area (Å²) in [6.45, 7) is 5.31. The summed E-state index contributed by atoms with van der Waals surface area (Å²) in [4.78, 5) is 0. The van der Waals surface area contributed by atoms with Crippen LogP contribution in [-0.2, 0) is 10.0 Å². The van der Waals surface area contributed by atoms with Crippen molar-refractivity contribution in [2.24, 2.45) is 5.92 Å². The Morgan fingerprint density at radius 2 is 1.82 bits per heavy atom. The molecule has 0 saturated carbocycles. The van der Waals surface area contributed by atoms with Gasteiger partial charge in [-0.05, 0) is 25.3 Å². The third kappa shape index (κ3) is 4.15. The van der Waals surface area contributed by atoms with Crippen molar-refractivity contribution < 1.29 is 17.2 Å². The Labute approximate surface area is 101 Å². The minimum Gasteiger partial charge on any atom is -0.314 e. The maximum absolute atomic E-state index is 12.3. The second kappa shape index (κ2) is 6.06. The molecule has 1 N–H and O–H groups in total. The fourth-order valence-corrected chi connectivity index (χ4v) is 2.83. The first-order valence-electron chi connectivity index (χ1n) is 5.84. The zero-order valence-electron chi connectivity index (χ0n) is 10.2. The first kappa shape index (κ1) is 14.8. The average molecular weight is 270 g/mol. The van der Waals surface area contributed by atoms with E-state index < -0.39 is 15.8 Å². The molecule has 1 heterocycles. The summed E-state index contributed by atoms with van der Waals surface area (Å²) < 4.78 is 48.0. The van der Waals surface area contributed by atoms with Crippen LogP contribution < -0.4 is 5.32 Å². The van der Waals surface area contributed by atoms with Gasteiger partial charge in [-0.2, -0.15) is 13.1 Å². The van der Waals surface area contributed by atoms with Gasteiger partial charge in [-0.3, -0.25) is 0 Å². The fourth-order valence-electron chi connectivity index (χ4n) is 1.88. The van der Waals surface area contributed by atoms with Gasteiger partial charge in [0.1, 0.15) is 0 Å². The Hall–Kier alpha value is -0.270. The number of halogens is 2. The van der Waals surface area contributed by atoms with Crippen LogP contribution in [0.15, 0.2) is 0 Å². The van der Waals surface area contributed by atoms with Crippen molar-refractivity contribution in [1.82, 2.24) is 9.62 Å². The van der Waals surface area contributed by atoms with Gasteiger partial charge < -0.3 is 5.32 Å². The number of nitrogens with one attached hydrogen (secondary N) is 1. The predicted molar refractivity (Wildman–Crippen MR) is 62.4 cm³/mol. The summed E-state index contributed by atoms with van der Waals surface area (Å²) in [5, 5.41) is 3.28. The van der Waals surface area contributed by atoms with E-state index in [0.717, 1.165) is 10.8 Å². The van der Waals surface area contributed by atoms with Crippen LogP contribution in [0, 0.1) is 5.92 Å². The van der Waals surface area contributed by atoms with Crippen molar-refractivity contribution in [3.05, 3.63) is 0 Å². The largest absolute Gasteiger partial charge is 0.350 e. The van der Waals surface area contributed by atoms with Crippen LogP contribution in [0.25, 0.3) is 0 Å². The quantitative estimate of drug-likeness (QED) is 0.818. The van der Waals surface area contributed by atoms with Crippen molar-refractivity contribution in [2.75, 3.05) is 19.6 Å². The second-order valence-corrected chi connectivity index (χ2v) is 6.61. The molecule has 0 aromatic rings. The van der Waals surface area contributed by atoms with E-state index in [1.807, 2.05) is 13.8 Å². The number of hydrogen-bond acceptors (Lipinski definition) is 3. The Morgan fingerprint density at radius 1 is 1.29 bits per heavy atom. The molecule has 1 aliphatic rings. The van der Waals surface area contributed by atoms with Crippen molar-refractivity contribution in [2.45, 2.75) is 38.5 Å². The molecular weight excluding hydrogens is 250 g/mol. The number of sulfonamides is 1. The summed E-state index contributed by atoms with van der Waals surface area (Å²) in [5.74, 6) is -2.92. The molecule has 0 bridgehead atoms. The highest BCUT2D eigenvalue weighted by atomic mass is 32.2. The van der Waals surface area contributed by atoms with Gasteiger partial charge in [-0.1, -0.05) is 13.8 Å². The average Bonchev–Trinajstić information content (AvgIpc) is 2.26. The Bertz CT molecular complexity index is 325. The Balaban J connectivity index is 2.41. The van der Waals surface area contributed by atoms with Gasteiger partial charge in [-0.15, -0.1) is 0 Å². The standard InChI is InChI=1S/C10H20F2N2O2S/c1-8(2)13-7-9-3-5-14(6-4-9)17(15,16)10(11)12/h8-10,13H,3-7H2,1-2H3. The number of piperidine rings is 1. The Kier molecular flexibility index (Phi) is 5.27. The van der Waals surface area contributed by atoms with Crippen LogP contribution >= 0.6 is 0 Å². The highest BCUT2D eigenvalue weighted by molar-refractivity contribution is 7.89. The number of rotatable bonds is 5. The number of alkyl halides is 2. The molecule has 0 amide bonds. The molecule has 1 saturated heterocycles. The van der Waals surface area contributed by atoms with Gasteiger partial charge in [0.05, 0.1) is 0 Å². The molecule has 0 radical (unpaired) electrons. The lowest BCUT2D eigenvalue weighted by atomic mass is 9.98. The van der Waals surface area contributed by atoms with Gasteiger partial charge in [0.2, 0.25) is 0 Å². The van der Waals surface area contributed by atoms with Crippen LogP contribution in [-0.4, -0.2) is 44.2 Å². The first-order chi connectivity index (χ1) is 7.84. The van der Waals surface area contributed by atoms with Crippen LogP contribution in [0.4, 0.5) is 8.78 Å². The summed E-state index contributed by atoms with van der Waals surface area (Å²) >= 11 is 0. The van der Waals surface area contributed by atoms with Crippen LogP contribution in [0.2, 0.25) is 0 Å². The zero-order chi connectivity index (χ0) is 13.1. The third-order valence-corrected chi connectivity index (χ3v) is 4.51. The SMILES string of the molecule is CC(C)NCC1CCN(S(=O)(=O)C(F)F)CC1. The molecule has 0 atom stereocenters. The van der Waals surface area contributed by atoms with Gasteiger partial charge in [0.15, 0.2) is 0 Å². The number of hydrogen-bond donors (Lipinski definition) is 1. The minimum atomic E-state index is -4.38. The molecular formula is C10H20F2N2O2S. The molecule has 17 heavy (non-hydrogen) atoms. The molecule has 0 aromatic carbocycles. The lowest BCUT2D eigenvalue weighted by Gasteiger charge is -2.31. The van der Waals surface area contributed by atoms with Crippen LogP contribution in [0.5, 0.6) is 0 Å². The van der Waals surface area contributed by atoms with Gasteiger partial charge in [-0.25, -0.2) is 8.42 Å². The molecule has 0 aromatic heterocycles. The van der Waals surface area contributed by atoms with E-state index in [1.54, 1.807) is 0 Å². The minimum absolute atomic E-state index is 0.205. The highest BCUT2D eigenvalue weighted by Gasteiger charge is 2.34. The monoisotopic (exact) mass is 270 g/mol. The summed E-state index contributed by atoms with van der Waals surface area (Å²) in [6.07, 6.45) is 1.29. The molecule has 0 aliphatic carbocycles. The molecule has 1 rings (SSSR count). The van der Waals surface area contributed by atoms with E-state index in [2.05, 4.69) is 5.32 Å². The van der Waals surface area contributed by atoms with Crippen molar-refractivity contribution in [1.29, 1.82) is 0 Å². The smallest absolute Gasteiger partial charge is 0.314 e. The molecule has 0 unspecified atom stereocenters. The van der Waals surface area contributed by atoms with Gasteiger partial charge >= 0.3 is 5.76 Å². The highest BCUT2D eigenvalue weighted by Crippen LogP contribution is 2.22. The van der Waals surface area contributed by atoms with Crippen molar-refractivity contribution >= 4 is 10.0 Å². The summed E-state index contributed by atoms with van der Waals surface area (Å²) in [5.41, 5.74) is 0. The molecule has 102 valence electrons. The van der Waals surface area contributed by atoms with Crippen molar-refractivity contribution in [3.8, 4) is 0 Å². The fraction of sp³-hybridized carbons (Fsp3) is 1.00. The third-order valence-electron chi connectivity index (χ3n) is 2.97. The molecule has 1 aliphatic heterocycles. The van der Waals surface area contributed by atoms with Crippen LogP contribution in [0.1, 0.15) is 26.7 Å². The van der Waals surface area contributed by atoms with Crippen LogP contribution in [0.3, 0.4) is 0 Å². The van der Waals surface area contributed by atoms with E-state index in [4.69, 9.17) is 0 Å². The lowest BCUT2D eigenvalue weighted by molar-refractivity contribution is 0.202. The van der Waals surface area contributed by atoms with E-state index in [1.165, 1.54) is 0 Å². The zero-order valence-corrected chi connectivity index (χ0v) is 11.0. The number of nitrogens with zero attached hydrogens (tertiary/aromatic N) is 1. The summed E-state index contributed by atoms with van der Waals surface area (Å²) in [7, 11) is -4.38. The first-order valence-corrected chi connectivity index (χ1v) is 7.35. The molecule has 7 heteroatoms. The maximum atomic E-state index is 12.3. The van der Waals surface area contributed by atoms with Gasteiger partial charge in [0.25, 0.3) is 10.0 Å². The van der Waals surface area contributed by atoms with Gasteiger partial charge in [0, 0.05) is 19.1 Å². The normalized spacial score (nSPS) is 20.4. The lowest BCUT2D eigenvalue weighted by Crippen LogP contribution is -2.43. The summed E-state index contributed by atoms with van der Waals surface area (Å²) in [6, 6.07) is 0.387. The van der Waals surface area contributed by atoms with E-state index in [0.29, 0.717) is 24.8 Å². The predicted octanol–water partition coefficient (Wildman–Crippen LogP) is 1.25. The second-order valence-electron chi connectivity index (χ2n) is 4.71. The van der Waals surface area contributed by atoms with E-state index in [9.17, 15) is 17.2 Å². The molecule has 0 spiro atoms. The Morgan fingerprint density at radius 3 is 2.24 bits per heavy atom. The topological polar surface area (TPSA) is 49.4 Å². The van der Waals surface area contributed by atoms with Crippen molar-refractivity contribution in [3.63, 3.8) is 0 Å². The maximum Gasteiger partial charge on any atom is 0.350 e. The van der Waals surface area contributed by atoms with E-state index >= 15 is 0 Å². The van der Waals surface area contributed by atoms with E-state index in [-0.39, 0.29) is 13.1 Å². The molecule has 4 nitrogen and oxygen atoms in total. The molecule has 1 fully saturated rings.